The van der Waals surface area contributed by atoms with Gasteiger partial charge in [-0.1, -0.05) is 66.0 Å². The van der Waals surface area contributed by atoms with Crippen molar-refractivity contribution in [3.8, 4) is 0 Å². The monoisotopic (exact) mass is 653 g/mol. The fourth-order valence-corrected chi connectivity index (χ4v) is 5.21. The van der Waals surface area contributed by atoms with Gasteiger partial charge in [0, 0.05) is 26.3 Å². The van der Waals surface area contributed by atoms with Crippen LogP contribution in [0.3, 0.4) is 0 Å². The maximum Gasteiger partial charge on any atom is 0.346 e. The van der Waals surface area contributed by atoms with E-state index in [0.717, 1.165) is 22.9 Å². The van der Waals surface area contributed by atoms with Gasteiger partial charge in [-0.25, -0.2) is 9.59 Å². The van der Waals surface area contributed by atoms with Gasteiger partial charge in [-0.3, -0.25) is 9.69 Å². The highest BCUT2D eigenvalue weighted by Gasteiger charge is 2.35. The number of halogens is 2. The molecule has 3 aromatic rings. The van der Waals surface area contributed by atoms with Gasteiger partial charge in [-0.2, -0.15) is 0 Å². The van der Waals surface area contributed by atoms with Crippen LogP contribution in [-0.2, 0) is 23.9 Å². The average Bonchev–Trinajstić information content (AvgIpc) is 2.99. The van der Waals surface area contributed by atoms with E-state index in [1.165, 1.54) is 11.0 Å². The van der Waals surface area contributed by atoms with Gasteiger partial charge in [-0.15, -0.1) is 11.8 Å². The molecule has 1 N–H and O–H groups in total. The molecule has 0 saturated heterocycles. The number of aliphatic hydroxyl groups is 1. The highest BCUT2D eigenvalue weighted by Crippen LogP contribution is 2.37. The van der Waals surface area contributed by atoms with Gasteiger partial charge < -0.3 is 14.6 Å². The second-order valence-corrected chi connectivity index (χ2v) is 11.3. The molecule has 0 fully saturated rings. The first-order chi connectivity index (χ1) is 21.1. The second-order valence-electron chi connectivity index (χ2n) is 9.18. The summed E-state index contributed by atoms with van der Waals surface area (Å²) in [5.41, 5.74) is 1.82. The number of ether oxygens (including phenoxy) is 2. The van der Waals surface area contributed by atoms with Crippen LogP contribution in [0.2, 0.25) is 10.0 Å². The summed E-state index contributed by atoms with van der Waals surface area (Å²) >= 11 is 13.3. The molecular formula is C34H33Cl2NO6S. The molecule has 0 saturated carbocycles. The van der Waals surface area contributed by atoms with Crippen molar-refractivity contribution < 1.29 is 29.0 Å². The van der Waals surface area contributed by atoms with Crippen LogP contribution >= 0.6 is 35.0 Å². The number of thioether (sulfide) groups is 1. The van der Waals surface area contributed by atoms with Gasteiger partial charge >= 0.3 is 11.9 Å². The molecule has 0 spiro atoms. The standard InChI is InChI=1S/C34H33Cl2NO6S/c1-5-42-33(40)30(34(41)43-6-2)31(44-7-3)29(28(38)21-12-23-10-8-22(4)9-11-23)32(39)37(26-17-13-24(35)14-18-26)27-19-15-25(36)16-20-27/h8-21,38H,5-7H2,1-4H3/b21-12+,29-28-. The van der Waals surface area contributed by atoms with Gasteiger partial charge in [0.2, 0.25) is 0 Å². The lowest BCUT2D eigenvalue weighted by Crippen LogP contribution is -2.30. The maximum absolute atomic E-state index is 14.7. The van der Waals surface area contributed by atoms with E-state index in [1.54, 1.807) is 75.4 Å². The zero-order valence-electron chi connectivity index (χ0n) is 24.8. The van der Waals surface area contributed by atoms with Crippen molar-refractivity contribution in [3.05, 3.63) is 122 Å². The molecule has 0 atom stereocenters. The van der Waals surface area contributed by atoms with Crippen molar-refractivity contribution in [3.63, 3.8) is 0 Å². The lowest BCUT2D eigenvalue weighted by atomic mass is 10.0. The number of benzene rings is 3. The minimum Gasteiger partial charge on any atom is -0.507 e. The summed E-state index contributed by atoms with van der Waals surface area (Å²) in [4.78, 5) is 42.5. The molecule has 230 valence electrons. The van der Waals surface area contributed by atoms with E-state index in [0.29, 0.717) is 27.2 Å². The lowest BCUT2D eigenvalue weighted by Gasteiger charge is -2.26. The van der Waals surface area contributed by atoms with Crippen LogP contribution < -0.4 is 4.90 Å². The third-order valence-corrected chi connectivity index (χ3v) is 7.55. The summed E-state index contributed by atoms with van der Waals surface area (Å²) in [6.45, 7) is 6.88. The number of nitrogens with zero attached hydrogens (tertiary/aromatic N) is 1. The van der Waals surface area contributed by atoms with Crippen LogP contribution in [0.5, 0.6) is 0 Å². The minimum atomic E-state index is -0.980. The SMILES string of the molecule is CCOC(=O)C(C(=O)OCC)=C(SCC)/C(C(=O)N(c1ccc(Cl)cc1)c1ccc(Cl)cc1)=C(O)\C=C\c1ccc(C)cc1. The summed E-state index contributed by atoms with van der Waals surface area (Å²) in [6, 6.07) is 20.6. The number of amides is 1. The van der Waals surface area contributed by atoms with E-state index in [1.807, 2.05) is 31.2 Å². The number of esters is 2. The van der Waals surface area contributed by atoms with E-state index >= 15 is 0 Å². The summed E-state index contributed by atoms with van der Waals surface area (Å²) in [7, 11) is 0. The van der Waals surface area contributed by atoms with Gasteiger partial charge in [0.05, 0.1) is 18.8 Å². The number of hydrogen-bond acceptors (Lipinski definition) is 7. The number of hydrogen-bond donors (Lipinski definition) is 1. The molecule has 3 aromatic carbocycles. The Morgan fingerprint density at radius 3 is 1.68 bits per heavy atom. The Morgan fingerprint density at radius 1 is 0.773 bits per heavy atom. The van der Waals surface area contributed by atoms with Crippen molar-refractivity contribution in [1.82, 2.24) is 0 Å². The van der Waals surface area contributed by atoms with Crippen LogP contribution in [0.1, 0.15) is 31.9 Å². The van der Waals surface area contributed by atoms with E-state index in [9.17, 15) is 19.5 Å². The first-order valence-electron chi connectivity index (χ1n) is 13.9. The highest BCUT2D eigenvalue weighted by atomic mass is 35.5. The molecule has 44 heavy (non-hydrogen) atoms. The minimum absolute atomic E-state index is 0.0280. The Labute approximate surface area is 271 Å². The number of carbonyl (C=O) groups is 3. The number of aliphatic hydroxyl groups excluding tert-OH is 1. The van der Waals surface area contributed by atoms with Crippen molar-refractivity contribution >= 4 is 70.3 Å². The van der Waals surface area contributed by atoms with Gasteiger partial charge in [0.25, 0.3) is 5.91 Å². The van der Waals surface area contributed by atoms with Crippen LogP contribution in [-0.4, -0.2) is 41.9 Å². The molecule has 0 bridgehead atoms. The molecule has 0 aliphatic carbocycles. The lowest BCUT2D eigenvalue weighted by molar-refractivity contribution is -0.146. The topological polar surface area (TPSA) is 93.1 Å². The summed E-state index contributed by atoms with van der Waals surface area (Å²) in [5, 5.41) is 12.5. The zero-order chi connectivity index (χ0) is 32.2. The van der Waals surface area contributed by atoms with Crippen LogP contribution in [0.15, 0.2) is 101 Å². The van der Waals surface area contributed by atoms with E-state index in [2.05, 4.69) is 0 Å². The number of allylic oxidation sites excluding steroid dienone is 1. The Kier molecular flexibility index (Phi) is 13.1. The average molecular weight is 655 g/mol. The molecule has 0 radical (unpaired) electrons. The molecule has 0 heterocycles. The predicted molar refractivity (Wildman–Crippen MR) is 178 cm³/mol. The van der Waals surface area contributed by atoms with E-state index in [4.69, 9.17) is 32.7 Å². The smallest absolute Gasteiger partial charge is 0.346 e. The highest BCUT2D eigenvalue weighted by molar-refractivity contribution is 8.03. The summed E-state index contributed by atoms with van der Waals surface area (Å²) < 4.78 is 10.4. The van der Waals surface area contributed by atoms with Crippen molar-refractivity contribution in [2.45, 2.75) is 27.7 Å². The first kappa shape index (κ1) is 34.5. The number of rotatable bonds is 12. The largest absolute Gasteiger partial charge is 0.507 e. The molecule has 0 aromatic heterocycles. The number of anilines is 2. The molecule has 0 aliphatic rings. The third kappa shape index (κ3) is 9.02. The number of aryl methyl sites for hydroxylation is 1. The van der Waals surface area contributed by atoms with Gasteiger partial charge in [-0.05, 0) is 86.7 Å². The Balaban J connectivity index is 2.40. The van der Waals surface area contributed by atoms with E-state index < -0.39 is 29.2 Å². The number of carbonyl (C=O) groups excluding carboxylic acids is 3. The Morgan fingerprint density at radius 2 is 1.25 bits per heavy atom. The molecule has 3 rings (SSSR count). The second kappa shape index (κ2) is 16.8. The van der Waals surface area contributed by atoms with Crippen molar-refractivity contribution in [2.75, 3.05) is 23.9 Å². The summed E-state index contributed by atoms with van der Waals surface area (Å²) in [5.74, 6) is -2.84. The summed E-state index contributed by atoms with van der Waals surface area (Å²) in [6.07, 6.45) is 2.98. The third-order valence-electron chi connectivity index (χ3n) is 6.06. The molecule has 0 aliphatic heterocycles. The Bertz CT molecular complexity index is 1500. The van der Waals surface area contributed by atoms with Crippen LogP contribution in [0.4, 0.5) is 11.4 Å². The first-order valence-corrected chi connectivity index (χ1v) is 15.6. The molecular weight excluding hydrogens is 621 g/mol. The quantitative estimate of drug-likeness (QED) is 0.0522. The Hall–Kier alpha value is -3.98. The maximum atomic E-state index is 14.7. The van der Waals surface area contributed by atoms with Crippen LogP contribution in [0, 0.1) is 6.92 Å². The molecule has 1 amide bonds. The fourth-order valence-electron chi connectivity index (χ4n) is 4.02. The van der Waals surface area contributed by atoms with Crippen molar-refractivity contribution in [1.29, 1.82) is 0 Å². The van der Waals surface area contributed by atoms with Crippen LogP contribution in [0.25, 0.3) is 6.08 Å². The molecule has 7 nitrogen and oxygen atoms in total. The predicted octanol–water partition coefficient (Wildman–Crippen LogP) is 8.63. The zero-order valence-corrected chi connectivity index (χ0v) is 27.1. The van der Waals surface area contributed by atoms with Crippen molar-refractivity contribution in [2.24, 2.45) is 0 Å². The van der Waals surface area contributed by atoms with Gasteiger partial charge in [0.15, 0.2) is 5.57 Å². The van der Waals surface area contributed by atoms with Gasteiger partial charge in [0.1, 0.15) is 5.76 Å². The normalized spacial score (nSPS) is 11.5. The fraction of sp³-hybridized carbons (Fsp3) is 0.206. The molecule has 0 unspecified atom stereocenters. The van der Waals surface area contributed by atoms with E-state index in [-0.39, 0.29) is 23.7 Å². The molecule has 10 heteroatoms.